The average Bonchev–Trinajstić information content (AvgIpc) is 1.75. The number of aromatic nitrogens is 2. The lowest BCUT2D eigenvalue weighted by Crippen LogP contribution is -2.52. The molecule has 16 aromatic rings. The fourth-order valence-corrected chi connectivity index (χ4v) is 15.8. The van der Waals surface area contributed by atoms with Crippen LogP contribution in [0.4, 0.5) is 34.1 Å². The van der Waals surface area contributed by atoms with Crippen LogP contribution in [0.2, 0.25) is 13.1 Å². The van der Waals surface area contributed by atoms with Crippen molar-refractivity contribution in [3.05, 3.63) is 328 Å². The van der Waals surface area contributed by atoms with Crippen LogP contribution < -0.4 is 20.2 Å². The van der Waals surface area contributed by atoms with Gasteiger partial charge in [-0.3, -0.25) is 0 Å². The van der Waals surface area contributed by atoms with Gasteiger partial charge >= 0.3 is 0 Å². The van der Waals surface area contributed by atoms with Crippen LogP contribution in [0.25, 0.3) is 98.8 Å². The third-order valence-corrected chi connectivity index (χ3v) is 21.6. The highest BCUT2D eigenvalue weighted by atomic mass is 28.3. The number of benzene rings is 14. The van der Waals surface area contributed by atoms with Crippen molar-refractivity contribution >= 4 is 118 Å². The molecule has 0 aliphatic heterocycles. The van der Waals surface area contributed by atoms with E-state index >= 15 is 0 Å². The maximum atomic E-state index is 2.47. The maximum Gasteiger partial charge on any atom is 0.112 e. The van der Waals surface area contributed by atoms with Crippen molar-refractivity contribution in [2.45, 2.75) is 13.1 Å². The standard InChI is InChI=1S/C82H60N4Si/c1-87(2,69-49-39-59(40-50-69)57-35-43-65(44-36-57)83(77-33-17-21-61-19-9-11-27-71(61)77)67-47-53-81-75(55-67)73-29-13-15-31-79(73)85(81)63-23-5-3-6-24-63)70-51-41-60(42-52-70)58-37-45-66(46-38-58)84(78-34-18-22-62-20-10-12-28-72(62)78)68-48-54-82-76(56-68)74-30-14-16-32-80(74)86(82)64-25-7-4-8-26-64/h3-56H,1-2H3. The van der Waals surface area contributed by atoms with Crippen LogP contribution in [0.5, 0.6) is 0 Å². The highest BCUT2D eigenvalue weighted by Gasteiger charge is 2.27. The van der Waals surface area contributed by atoms with Gasteiger partial charge in [-0.2, -0.15) is 0 Å². The lowest BCUT2D eigenvalue weighted by Gasteiger charge is -2.27. The molecule has 0 atom stereocenters. The lowest BCUT2D eigenvalue weighted by molar-refractivity contribution is 1.18. The summed E-state index contributed by atoms with van der Waals surface area (Å²) in [6.45, 7) is 4.94. The number of hydrogen-bond acceptors (Lipinski definition) is 2. The van der Waals surface area contributed by atoms with Gasteiger partial charge in [-0.1, -0.05) is 242 Å². The fourth-order valence-electron chi connectivity index (χ4n) is 13.5. The number of hydrogen-bond donors (Lipinski definition) is 0. The molecule has 14 aromatic carbocycles. The minimum atomic E-state index is -2.07. The maximum absolute atomic E-state index is 2.47. The molecule has 0 amide bonds. The summed E-state index contributed by atoms with van der Waals surface area (Å²) in [5.41, 5.74) is 18.6. The van der Waals surface area contributed by atoms with E-state index in [1.165, 1.54) is 97.8 Å². The predicted octanol–water partition coefficient (Wildman–Crippen LogP) is 21.3. The van der Waals surface area contributed by atoms with E-state index in [1.807, 2.05) is 0 Å². The summed E-state index contributed by atoms with van der Waals surface area (Å²) in [6.07, 6.45) is 0. The van der Waals surface area contributed by atoms with Gasteiger partial charge in [0.15, 0.2) is 0 Å². The molecular formula is C82H60N4Si. The Morgan fingerprint density at radius 2 is 0.552 bits per heavy atom. The first-order chi connectivity index (χ1) is 42.9. The van der Waals surface area contributed by atoms with E-state index in [2.05, 4.69) is 360 Å². The van der Waals surface area contributed by atoms with E-state index in [-0.39, 0.29) is 0 Å². The summed E-state index contributed by atoms with van der Waals surface area (Å²) >= 11 is 0. The Hall–Kier alpha value is -11.0. The van der Waals surface area contributed by atoms with E-state index in [9.17, 15) is 0 Å². The smallest absolute Gasteiger partial charge is 0.112 e. The summed E-state index contributed by atoms with van der Waals surface area (Å²) in [5.74, 6) is 0. The summed E-state index contributed by atoms with van der Waals surface area (Å²) < 4.78 is 4.76. The molecule has 0 saturated heterocycles. The molecule has 5 heteroatoms. The second kappa shape index (κ2) is 21.3. The zero-order valence-electron chi connectivity index (χ0n) is 48.5. The van der Waals surface area contributed by atoms with Gasteiger partial charge in [0, 0.05) is 66.4 Å². The topological polar surface area (TPSA) is 16.3 Å². The van der Waals surface area contributed by atoms with Gasteiger partial charge in [0.05, 0.1) is 33.4 Å². The number of rotatable bonds is 12. The Labute approximate surface area is 508 Å². The first-order valence-electron chi connectivity index (χ1n) is 30.1. The number of para-hydroxylation sites is 4. The second-order valence-corrected chi connectivity index (χ2v) is 27.7. The molecule has 87 heavy (non-hydrogen) atoms. The molecule has 0 N–H and O–H groups in total. The summed E-state index contributed by atoms with van der Waals surface area (Å²) in [4.78, 5) is 4.85. The van der Waals surface area contributed by atoms with Gasteiger partial charge in [0.1, 0.15) is 8.07 Å². The Morgan fingerprint density at radius 1 is 0.241 bits per heavy atom. The van der Waals surface area contributed by atoms with E-state index < -0.39 is 8.07 Å². The van der Waals surface area contributed by atoms with E-state index in [1.54, 1.807) is 0 Å². The molecule has 0 saturated carbocycles. The average molecular weight is 1130 g/mol. The minimum Gasteiger partial charge on any atom is -0.310 e. The molecule has 0 aliphatic carbocycles. The molecule has 412 valence electrons. The molecule has 0 fully saturated rings. The lowest BCUT2D eigenvalue weighted by atomic mass is 10.0. The van der Waals surface area contributed by atoms with Gasteiger partial charge in [0.2, 0.25) is 0 Å². The first kappa shape index (κ1) is 51.6. The number of nitrogens with zero attached hydrogens (tertiary/aromatic N) is 4. The van der Waals surface area contributed by atoms with Crippen LogP contribution in [0.1, 0.15) is 0 Å². The third kappa shape index (κ3) is 8.98. The Morgan fingerprint density at radius 3 is 0.954 bits per heavy atom. The van der Waals surface area contributed by atoms with Crippen molar-refractivity contribution in [1.82, 2.24) is 9.13 Å². The van der Waals surface area contributed by atoms with E-state index in [0.717, 1.165) is 45.5 Å². The van der Waals surface area contributed by atoms with Gasteiger partial charge < -0.3 is 18.9 Å². The van der Waals surface area contributed by atoms with Crippen molar-refractivity contribution in [1.29, 1.82) is 0 Å². The second-order valence-electron chi connectivity index (χ2n) is 23.3. The minimum absolute atomic E-state index is 1.10. The normalized spacial score (nSPS) is 11.8. The molecule has 0 aliphatic rings. The van der Waals surface area contributed by atoms with Gasteiger partial charge in [-0.15, -0.1) is 0 Å². The zero-order chi connectivity index (χ0) is 58.0. The van der Waals surface area contributed by atoms with Crippen molar-refractivity contribution < 1.29 is 0 Å². The van der Waals surface area contributed by atoms with Crippen LogP contribution in [-0.2, 0) is 0 Å². The summed E-state index contributed by atoms with van der Waals surface area (Å²) in [7, 11) is -2.07. The van der Waals surface area contributed by atoms with Crippen LogP contribution >= 0.6 is 0 Å². The fraction of sp³-hybridized carbons (Fsp3) is 0.0244. The molecular weight excluding hydrogens is 1070 g/mol. The molecule has 0 radical (unpaired) electrons. The van der Waals surface area contributed by atoms with Crippen LogP contribution in [0.15, 0.2) is 328 Å². The van der Waals surface area contributed by atoms with Crippen molar-refractivity contribution in [3.8, 4) is 33.6 Å². The number of anilines is 6. The highest BCUT2D eigenvalue weighted by Crippen LogP contribution is 2.45. The van der Waals surface area contributed by atoms with Gasteiger partial charge in [-0.05, 0) is 142 Å². The van der Waals surface area contributed by atoms with Crippen LogP contribution in [-0.4, -0.2) is 17.2 Å². The predicted molar refractivity (Wildman–Crippen MR) is 374 cm³/mol. The Balaban J connectivity index is 0.682. The number of fused-ring (bicyclic) bond motifs is 8. The van der Waals surface area contributed by atoms with E-state index in [4.69, 9.17) is 0 Å². The van der Waals surface area contributed by atoms with Gasteiger partial charge in [-0.25, -0.2) is 0 Å². The monoisotopic (exact) mass is 1130 g/mol. The molecule has 0 unspecified atom stereocenters. The highest BCUT2D eigenvalue weighted by molar-refractivity contribution is 7.00. The Kier molecular flexibility index (Phi) is 12.6. The molecule has 2 heterocycles. The molecule has 0 bridgehead atoms. The summed E-state index contributed by atoms with van der Waals surface area (Å²) in [6, 6.07) is 120. The first-order valence-corrected chi connectivity index (χ1v) is 33.1. The zero-order valence-corrected chi connectivity index (χ0v) is 49.5. The third-order valence-electron chi connectivity index (χ3n) is 18.0. The SMILES string of the molecule is C[Si](C)(c1ccc(-c2ccc(N(c3ccc4c(c3)c3ccccc3n4-c3ccccc3)c3cccc4ccccc34)cc2)cc1)c1ccc(-c2ccc(N(c3ccc4c(c3)c3ccccc3n4-c3ccccc3)c3cccc4ccccc34)cc2)cc1. The van der Waals surface area contributed by atoms with Crippen LogP contribution in [0.3, 0.4) is 0 Å². The largest absolute Gasteiger partial charge is 0.310 e. The van der Waals surface area contributed by atoms with Crippen molar-refractivity contribution in [2.75, 3.05) is 9.80 Å². The quantitative estimate of drug-likeness (QED) is 0.113. The molecule has 4 nitrogen and oxygen atoms in total. The molecule has 16 rings (SSSR count). The van der Waals surface area contributed by atoms with Crippen molar-refractivity contribution in [3.63, 3.8) is 0 Å². The van der Waals surface area contributed by atoms with Crippen molar-refractivity contribution in [2.24, 2.45) is 0 Å². The molecule has 2 aromatic heterocycles. The molecule has 0 spiro atoms. The van der Waals surface area contributed by atoms with Crippen LogP contribution in [0, 0.1) is 0 Å². The van der Waals surface area contributed by atoms with E-state index in [0.29, 0.717) is 0 Å². The Bertz CT molecular complexity index is 4880. The van der Waals surface area contributed by atoms with Gasteiger partial charge in [0.25, 0.3) is 0 Å². The summed E-state index contributed by atoms with van der Waals surface area (Å²) in [5, 5.41) is 12.5.